The average Bonchev–Trinajstić information content (AvgIpc) is 3.15. The number of benzene rings is 2. The Morgan fingerprint density at radius 3 is 2.70 bits per heavy atom. The summed E-state index contributed by atoms with van der Waals surface area (Å²) in [6.45, 7) is 0.647. The highest BCUT2D eigenvalue weighted by molar-refractivity contribution is 6.30. The Kier molecular flexibility index (Phi) is 4.85. The molecular formula is C21H16ClN3O2. The van der Waals surface area contributed by atoms with E-state index in [4.69, 9.17) is 16.3 Å². The minimum Gasteiger partial charge on any atom is -0.457 e. The van der Waals surface area contributed by atoms with Gasteiger partial charge in [-0.2, -0.15) is 5.10 Å². The Hall–Kier alpha value is -3.18. The van der Waals surface area contributed by atoms with Gasteiger partial charge in [0.25, 0.3) is 0 Å². The molecule has 0 unspecified atom stereocenters. The number of hydrogen-bond acceptors (Lipinski definition) is 4. The zero-order valence-corrected chi connectivity index (χ0v) is 15.1. The van der Waals surface area contributed by atoms with Gasteiger partial charge in [-0.15, -0.1) is 0 Å². The van der Waals surface area contributed by atoms with Crippen molar-refractivity contribution >= 4 is 28.5 Å². The van der Waals surface area contributed by atoms with Crippen LogP contribution in [0.1, 0.15) is 21.5 Å². The molecular weight excluding hydrogens is 362 g/mol. The number of aromatic nitrogens is 3. The number of hydrogen-bond donors (Lipinski definition) is 0. The number of carbonyl (C=O) groups excluding carboxylic acids is 1. The van der Waals surface area contributed by atoms with Crippen molar-refractivity contribution in [3.63, 3.8) is 0 Å². The Balaban J connectivity index is 1.43. The van der Waals surface area contributed by atoms with Crippen LogP contribution in [0.4, 0.5) is 0 Å². The fourth-order valence-electron chi connectivity index (χ4n) is 2.79. The van der Waals surface area contributed by atoms with Crippen LogP contribution in [-0.2, 0) is 17.9 Å². The second-order valence-corrected chi connectivity index (χ2v) is 6.48. The van der Waals surface area contributed by atoms with Gasteiger partial charge >= 0.3 is 5.97 Å². The molecule has 0 N–H and O–H groups in total. The number of carbonyl (C=O) groups is 1. The minimum absolute atomic E-state index is 0.0549. The van der Waals surface area contributed by atoms with E-state index < -0.39 is 5.97 Å². The highest BCUT2D eigenvalue weighted by atomic mass is 35.5. The Labute approximate surface area is 161 Å². The summed E-state index contributed by atoms with van der Waals surface area (Å²) >= 11 is 6.21. The summed E-state index contributed by atoms with van der Waals surface area (Å²) in [6, 6.07) is 19.5. The largest absolute Gasteiger partial charge is 0.457 e. The molecule has 27 heavy (non-hydrogen) atoms. The van der Waals surface area contributed by atoms with Gasteiger partial charge in [-0.1, -0.05) is 60.1 Å². The van der Waals surface area contributed by atoms with Crippen LogP contribution in [-0.4, -0.2) is 20.7 Å². The molecule has 6 heteroatoms. The predicted octanol–water partition coefficient (Wildman–Crippen LogP) is 4.49. The quantitative estimate of drug-likeness (QED) is 0.380. The van der Waals surface area contributed by atoms with Crippen LogP contribution in [0.2, 0.25) is 5.15 Å². The van der Waals surface area contributed by atoms with Gasteiger partial charge in [0.15, 0.2) is 0 Å². The topological polar surface area (TPSA) is 57.0 Å². The number of ether oxygens (including phenoxy) is 1. The highest BCUT2D eigenvalue weighted by Crippen LogP contribution is 2.21. The van der Waals surface area contributed by atoms with E-state index in [1.165, 1.54) is 6.20 Å². The van der Waals surface area contributed by atoms with Crippen molar-refractivity contribution in [3.05, 3.63) is 94.9 Å². The van der Waals surface area contributed by atoms with Crippen LogP contribution < -0.4 is 0 Å². The van der Waals surface area contributed by atoms with E-state index in [9.17, 15) is 4.79 Å². The lowest BCUT2D eigenvalue weighted by Crippen LogP contribution is -2.05. The maximum Gasteiger partial charge on any atom is 0.341 e. The SMILES string of the molecule is O=C(OCc1cc2ccccc2nc1Cl)c1cnn(Cc2ccccc2)c1. The first-order valence-electron chi connectivity index (χ1n) is 8.47. The van der Waals surface area contributed by atoms with Gasteiger partial charge in [0.05, 0.1) is 23.8 Å². The molecule has 2 aromatic carbocycles. The summed E-state index contributed by atoms with van der Waals surface area (Å²) in [5.74, 6) is -0.446. The fraction of sp³-hybridized carbons (Fsp3) is 0.0952. The standard InChI is InChI=1S/C21H16ClN3O2/c22-20-17(10-16-8-4-5-9-19(16)24-20)14-27-21(26)18-11-23-25(13-18)12-15-6-2-1-3-7-15/h1-11,13H,12,14H2. The van der Waals surface area contributed by atoms with Gasteiger partial charge < -0.3 is 4.74 Å². The lowest BCUT2D eigenvalue weighted by atomic mass is 10.2. The second-order valence-electron chi connectivity index (χ2n) is 6.12. The first-order valence-corrected chi connectivity index (χ1v) is 8.84. The van der Waals surface area contributed by atoms with E-state index in [1.807, 2.05) is 60.7 Å². The third kappa shape index (κ3) is 3.99. The molecule has 0 saturated carbocycles. The van der Waals surface area contributed by atoms with Gasteiger partial charge in [-0.3, -0.25) is 4.68 Å². The molecule has 2 aromatic heterocycles. The summed E-state index contributed by atoms with van der Waals surface area (Å²) in [5.41, 5.74) is 2.98. The monoisotopic (exact) mass is 377 g/mol. The summed E-state index contributed by atoms with van der Waals surface area (Å²) in [7, 11) is 0. The normalized spacial score (nSPS) is 10.9. The molecule has 2 heterocycles. The highest BCUT2D eigenvalue weighted by Gasteiger charge is 2.13. The number of pyridine rings is 1. The second kappa shape index (κ2) is 7.60. The van der Waals surface area contributed by atoms with Gasteiger partial charge in [-0.05, 0) is 17.7 Å². The smallest absolute Gasteiger partial charge is 0.341 e. The number of esters is 1. The fourth-order valence-corrected chi connectivity index (χ4v) is 2.99. The van der Waals surface area contributed by atoms with Crippen LogP contribution in [0, 0.1) is 0 Å². The van der Waals surface area contributed by atoms with E-state index >= 15 is 0 Å². The molecule has 0 radical (unpaired) electrons. The molecule has 4 rings (SSSR count). The number of nitrogens with zero attached hydrogens (tertiary/aromatic N) is 3. The van der Waals surface area contributed by atoms with Gasteiger partial charge in [0.2, 0.25) is 0 Å². The molecule has 0 atom stereocenters. The molecule has 0 amide bonds. The molecule has 0 aliphatic rings. The van der Waals surface area contributed by atoms with Crippen molar-refractivity contribution in [3.8, 4) is 0 Å². The zero-order chi connectivity index (χ0) is 18.6. The number of halogens is 1. The summed E-state index contributed by atoms with van der Waals surface area (Å²) < 4.78 is 7.10. The Bertz CT molecular complexity index is 1090. The molecule has 0 fully saturated rings. The van der Waals surface area contributed by atoms with E-state index in [2.05, 4.69) is 10.1 Å². The molecule has 134 valence electrons. The van der Waals surface area contributed by atoms with E-state index in [0.29, 0.717) is 22.8 Å². The van der Waals surface area contributed by atoms with E-state index in [1.54, 1.807) is 10.9 Å². The molecule has 0 spiro atoms. The molecule has 5 nitrogen and oxygen atoms in total. The lowest BCUT2D eigenvalue weighted by Gasteiger charge is -2.07. The van der Waals surface area contributed by atoms with Crippen LogP contribution in [0.15, 0.2) is 73.1 Å². The third-order valence-corrected chi connectivity index (χ3v) is 4.49. The molecule has 0 aliphatic heterocycles. The van der Waals surface area contributed by atoms with Crippen LogP contribution in [0.5, 0.6) is 0 Å². The zero-order valence-electron chi connectivity index (χ0n) is 14.4. The Morgan fingerprint density at radius 2 is 1.85 bits per heavy atom. The van der Waals surface area contributed by atoms with Gasteiger partial charge in [0.1, 0.15) is 11.8 Å². The number of fused-ring (bicyclic) bond motifs is 1. The van der Waals surface area contributed by atoms with Crippen molar-refractivity contribution in [2.75, 3.05) is 0 Å². The third-order valence-electron chi connectivity index (χ3n) is 4.17. The first kappa shape index (κ1) is 17.2. The lowest BCUT2D eigenvalue weighted by molar-refractivity contribution is 0.0472. The molecule has 0 bridgehead atoms. The summed E-state index contributed by atoms with van der Waals surface area (Å²) in [4.78, 5) is 16.7. The predicted molar refractivity (Wildman–Crippen MR) is 104 cm³/mol. The van der Waals surface area contributed by atoms with Crippen LogP contribution in [0.25, 0.3) is 10.9 Å². The van der Waals surface area contributed by atoms with Crippen molar-refractivity contribution in [1.29, 1.82) is 0 Å². The summed E-state index contributed by atoms with van der Waals surface area (Å²) in [6.07, 6.45) is 3.18. The van der Waals surface area contributed by atoms with Crippen molar-refractivity contribution in [2.24, 2.45) is 0 Å². The maximum atomic E-state index is 12.3. The molecule has 0 saturated heterocycles. The van der Waals surface area contributed by atoms with Crippen molar-refractivity contribution in [1.82, 2.24) is 14.8 Å². The van der Waals surface area contributed by atoms with Gasteiger partial charge in [0, 0.05) is 17.1 Å². The summed E-state index contributed by atoms with van der Waals surface area (Å²) in [5, 5.41) is 5.51. The molecule has 0 aliphatic carbocycles. The Morgan fingerprint density at radius 1 is 1.07 bits per heavy atom. The molecule has 4 aromatic rings. The number of rotatable bonds is 5. The van der Waals surface area contributed by atoms with Crippen LogP contribution in [0.3, 0.4) is 0 Å². The average molecular weight is 378 g/mol. The van der Waals surface area contributed by atoms with E-state index in [0.717, 1.165) is 16.5 Å². The van der Waals surface area contributed by atoms with Gasteiger partial charge in [-0.25, -0.2) is 9.78 Å². The van der Waals surface area contributed by atoms with Crippen molar-refractivity contribution in [2.45, 2.75) is 13.2 Å². The number of para-hydroxylation sites is 1. The maximum absolute atomic E-state index is 12.3. The minimum atomic E-state index is -0.446. The van der Waals surface area contributed by atoms with Crippen molar-refractivity contribution < 1.29 is 9.53 Å². The van der Waals surface area contributed by atoms with E-state index in [-0.39, 0.29) is 6.61 Å². The first-order chi connectivity index (χ1) is 13.2. The van der Waals surface area contributed by atoms with Crippen LogP contribution >= 0.6 is 11.6 Å².